The van der Waals surface area contributed by atoms with Crippen LogP contribution in [0.3, 0.4) is 0 Å². The van der Waals surface area contributed by atoms with Crippen LogP contribution in [-0.2, 0) is 17.8 Å². The fourth-order valence-electron chi connectivity index (χ4n) is 4.82. The lowest BCUT2D eigenvalue weighted by Crippen LogP contribution is -2.50. The molecule has 1 N–H and O–H groups in total. The molecule has 4 rings (SSSR count). The minimum Gasteiger partial charge on any atom is -0.466 e. The smallest absolute Gasteiger partial charge is 0.224 e. The van der Waals surface area contributed by atoms with Gasteiger partial charge in [0.2, 0.25) is 5.91 Å². The van der Waals surface area contributed by atoms with Crippen molar-refractivity contribution in [2.45, 2.75) is 51.6 Å². The Kier molecular flexibility index (Phi) is 7.18. The number of nitrogens with one attached hydrogen (secondary N) is 1. The second kappa shape index (κ2) is 10.2. The highest BCUT2D eigenvalue weighted by Crippen LogP contribution is 2.24. The van der Waals surface area contributed by atoms with E-state index < -0.39 is 0 Å². The van der Waals surface area contributed by atoms with Gasteiger partial charge in [0.25, 0.3) is 0 Å². The third-order valence-corrected chi connectivity index (χ3v) is 6.49. The lowest BCUT2D eigenvalue weighted by Gasteiger charge is -2.42. The van der Waals surface area contributed by atoms with Gasteiger partial charge in [-0.25, -0.2) is 0 Å². The highest BCUT2D eigenvalue weighted by molar-refractivity contribution is 5.78. The third-order valence-electron chi connectivity index (χ3n) is 6.49. The number of rotatable bonds is 7. The van der Waals surface area contributed by atoms with Gasteiger partial charge in [-0.2, -0.15) is 0 Å². The van der Waals surface area contributed by atoms with Gasteiger partial charge in [-0.05, 0) is 76.0 Å². The van der Waals surface area contributed by atoms with Crippen molar-refractivity contribution in [1.82, 2.24) is 20.1 Å². The molecule has 162 valence electrons. The van der Waals surface area contributed by atoms with Gasteiger partial charge < -0.3 is 9.73 Å². The number of pyridine rings is 1. The fraction of sp³-hybridized carbons (Fsp3) is 0.583. The summed E-state index contributed by atoms with van der Waals surface area (Å²) < 4.78 is 5.59. The number of aromatic nitrogens is 1. The second-order valence-electron chi connectivity index (χ2n) is 8.76. The van der Waals surface area contributed by atoms with Crippen molar-refractivity contribution in [3.05, 3.63) is 53.7 Å². The van der Waals surface area contributed by atoms with E-state index in [1.165, 1.54) is 18.4 Å². The highest BCUT2D eigenvalue weighted by atomic mass is 16.3. The SMILES string of the molecule is Cc1ccc(CCNC(=O)[C@H]2CCCN(C3CCN(Cc4cccnc4)CC3)C2)o1. The molecule has 2 aliphatic heterocycles. The van der Waals surface area contributed by atoms with Gasteiger partial charge in [0, 0.05) is 44.5 Å². The molecule has 1 atom stereocenters. The molecular weight excluding hydrogens is 376 g/mol. The molecule has 2 aromatic heterocycles. The van der Waals surface area contributed by atoms with Crippen molar-refractivity contribution in [3.63, 3.8) is 0 Å². The molecule has 30 heavy (non-hydrogen) atoms. The molecule has 0 saturated carbocycles. The number of piperidine rings is 2. The molecule has 0 spiro atoms. The molecule has 2 aromatic rings. The fourth-order valence-corrected chi connectivity index (χ4v) is 4.82. The number of hydrogen-bond donors (Lipinski definition) is 1. The molecule has 0 unspecified atom stereocenters. The topological polar surface area (TPSA) is 61.6 Å². The van der Waals surface area contributed by atoms with E-state index in [0.717, 1.165) is 63.5 Å². The Balaban J connectivity index is 1.19. The van der Waals surface area contributed by atoms with Crippen LogP contribution >= 0.6 is 0 Å². The molecule has 2 fully saturated rings. The molecule has 0 aromatic carbocycles. The Morgan fingerprint density at radius 3 is 2.80 bits per heavy atom. The predicted molar refractivity (Wildman–Crippen MR) is 117 cm³/mol. The number of amides is 1. The van der Waals surface area contributed by atoms with E-state index in [1.807, 2.05) is 37.5 Å². The quantitative estimate of drug-likeness (QED) is 0.760. The Labute approximate surface area is 179 Å². The molecule has 0 radical (unpaired) electrons. The number of carbonyl (C=O) groups excluding carboxylic acids is 1. The first-order chi connectivity index (χ1) is 14.7. The zero-order valence-electron chi connectivity index (χ0n) is 18.1. The number of likely N-dealkylation sites (tertiary alicyclic amines) is 2. The van der Waals surface area contributed by atoms with Gasteiger partial charge in [0.05, 0.1) is 5.92 Å². The number of carbonyl (C=O) groups is 1. The number of aryl methyl sites for hydroxylation is 1. The van der Waals surface area contributed by atoms with Crippen molar-refractivity contribution in [1.29, 1.82) is 0 Å². The average molecular weight is 411 g/mol. The van der Waals surface area contributed by atoms with Crippen LogP contribution in [0.4, 0.5) is 0 Å². The van der Waals surface area contributed by atoms with Gasteiger partial charge in [-0.15, -0.1) is 0 Å². The molecule has 2 saturated heterocycles. The van der Waals surface area contributed by atoms with Gasteiger partial charge in [0.1, 0.15) is 11.5 Å². The Morgan fingerprint density at radius 2 is 2.07 bits per heavy atom. The van der Waals surface area contributed by atoms with E-state index in [4.69, 9.17) is 4.42 Å². The monoisotopic (exact) mass is 410 g/mol. The summed E-state index contributed by atoms with van der Waals surface area (Å²) >= 11 is 0. The Bertz CT molecular complexity index is 799. The summed E-state index contributed by atoms with van der Waals surface area (Å²) in [5.74, 6) is 2.18. The largest absolute Gasteiger partial charge is 0.466 e. The standard InChI is InChI=1S/C24H34N4O2/c1-19-6-7-23(30-19)8-12-26-24(29)21-5-3-13-28(18-21)22-9-14-27(15-10-22)17-20-4-2-11-25-16-20/h2,4,6-7,11,16,21-22H,3,5,8-10,12-15,17-18H2,1H3,(H,26,29)/t21-/m0/s1. The molecule has 6 heteroatoms. The van der Waals surface area contributed by atoms with Crippen LogP contribution in [-0.4, -0.2) is 59.5 Å². The number of furan rings is 1. The molecule has 1 amide bonds. The first-order valence-electron chi connectivity index (χ1n) is 11.4. The maximum absolute atomic E-state index is 12.7. The van der Waals surface area contributed by atoms with E-state index in [-0.39, 0.29) is 11.8 Å². The van der Waals surface area contributed by atoms with Crippen molar-refractivity contribution in [2.75, 3.05) is 32.7 Å². The normalized spacial score (nSPS) is 21.6. The van der Waals surface area contributed by atoms with Crippen LogP contribution in [0.2, 0.25) is 0 Å². The number of hydrogen-bond acceptors (Lipinski definition) is 5. The van der Waals surface area contributed by atoms with Crippen molar-refractivity contribution >= 4 is 5.91 Å². The lowest BCUT2D eigenvalue weighted by molar-refractivity contribution is -0.127. The molecule has 0 bridgehead atoms. The van der Waals surface area contributed by atoms with Crippen LogP contribution in [0.25, 0.3) is 0 Å². The summed E-state index contributed by atoms with van der Waals surface area (Å²) in [6, 6.07) is 8.73. The van der Waals surface area contributed by atoms with Gasteiger partial charge in [-0.1, -0.05) is 6.07 Å². The van der Waals surface area contributed by atoms with Crippen LogP contribution < -0.4 is 5.32 Å². The minimum atomic E-state index is 0.116. The molecule has 0 aliphatic carbocycles. The minimum absolute atomic E-state index is 0.116. The average Bonchev–Trinajstić information content (AvgIpc) is 3.20. The summed E-state index contributed by atoms with van der Waals surface area (Å²) in [6.45, 7) is 7.85. The van der Waals surface area contributed by atoms with Crippen molar-refractivity contribution < 1.29 is 9.21 Å². The van der Waals surface area contributed by atoms with Gasteiger partial charge in [0.15, 0.2) is 0 Å². The van der Waals surface area contributed by atoms with Crippen LogP contribution in [0, 0.1) is 12.8 Å². The summed E-state index contributed by atoms with van der Waals surface area (Å²) in [6.07, 6.45) is 9.04. The van der Waals surface area contributed by atoms with Crippen molar-refractivity contribution in [3.8, 4) is 0 Å². The first-order valence-corrected chi connectivity index (χ1v) is 11.4. The summed E-state index contributed by atoms with van der Waals surface area (Å²) in [7, 11) is 0. The van der Waals surface area contributed by atoms with Gasteiger partial charge in [-0.3, -0.25) is 19.6 Å². The molecule has 6 nitrogen and oxygen atoms in total. The molecule has 4 heterocycles. The third kappa shape index (κ3) is 5.70. The zero-order valence-corrected chi connectivity index (χ0v) is 18.1. The van der Waals surface area contributed by atoms with E-state index in [0.29, 0.717) is 12.6 Å². The lowest BCUT2D eigenvalue weighted by atomic mass is 9.93. The summed E-state index contributed by atoms with van der Waals surface area (Å²) in [5.41, 5.74) is 1.29. The Morgan fingerprint density at radius 1 is 1.20 bits per heavy atom. The molecular formula is C24H34N4O2. The predicted octanol–water partition coefficient (Wildman–Crippen LogP) is 3.02. The van der Waals surface area contributed by atoms with E-state index in [1.54, 1.807) is 0 Å². The van der Waals surface area contributed by atoms with E-state index in [2.05, 4.69) is 26.2 Å². The summed E-state index contributed by atoms with van der Waals surface area (Å²) in [4.78, 5) is 22.0. The van der Waals surface area contributed by atoms with E-state index in [9.17, 15) is 4.79 Å². The van der Waals surface area contributed by atoms with Gasteiger partial charge >= 0.3 is 0 Å². The van der Waals surface area contributed by atoms with Crippen LogP contribution in [0.5, 0.6) is 0 Å². The maximum Gasteiger partial charge on any atom is 0.224 e. The van der Waals surface area contributed by atoms with Crippen LogP contribution in [0.1, 0.15) is 42.8 Å². The highest BCUT2D eigenvalue weighted by Gasteiger charge is 2.31. The molecule has 2 aliphatic rings. The first kappa shape index (κ1) is 21.1. The van der Waals surface area contributed by atoms with Crippen molar-refractivity contribution in [2.24, 2.45) is 5.92 Å². The second-order valence-corrected chi connectivity index (χ2v) is 8.76. The van der Waals surface area contributed by atoms with Crippen LogP contribution in [0.15, 0.2) is 41.1 Å². The Hall–Kier alpha value is -2.18. The summed E-state index contributed by atoms with van der Waals surface area (Å²) in [5, 5.41) is 3.13. The zero-order chi connectivity index (χ0) is 20.8. The number of nitrogens with zero attached hydrogens (tertiary/aromatic N) is 3. The maximum atomic E-state index is 12.7. The van der Waals surface area contributed by atoms with E-state index >= 15 is 0 Å².